The lowest BCUT2D eigenvalue weighted by molar-refractivity contribution is -0.384. The highest BCUT2D eigenvalue weighted by atomic mass is 32.2. The highest BCUT2D eigenvalue weighted by molar-refractivity contribution is 7.90. The first kappa shape index (κ1) is 28.5. The Morgan fingerprint density at radius 1 is 1.23 bits per heavy atom. The molecule has 4 unspecified atom stereocenters. The van der Waals surface area contributed by atoms with Gasteiger partial charge in [0.1, 0.15) is 12.3 Å². The van der Waals surface area contributed by atoms with Crippen LogP contribution >= 0.6 is 0 Å². The molecule has 2 aromatic rings. The van der Waals surface area contributed by atoms with E-state index in [1.54, 1.807) is 12.1 Å². The molecular formula is C25H27N3O9S2. The molecule has 0 saturated carbocycles. The maximum Gasteiger partial charge on any atom is 0.356 e. The predicted molar refractivity (Wildman–Crippen MR) is 140 cm³/mol. The Bertz CT molecular complexity index is 1450. The molecule has 12 nitrogen and oxygen atoms in total. The number of hydrogen-bond donors (Lipinski definition) is 2. The minimum atomic E-state index is -3.84. The van der Waals surface area contributed by atoms with E-state index in [4.69, 9.17) is 4.74 Å². The number of fused-ring (bicyclic) bond motifs is 1. The Balaban J connectivity index is 1.48. The highest BCUT2D eigenvalue weighted by Gasteiger charge is 2.57. The Labute approximate surface area is 227 Å². The van der Waals surface area contributed by atoms with Crippen molar-refractivity contribution in [3.8, 4) is 0 Å². The largest absolute Gasteiger partial charge is 0.456 e. The van der Waals surface area contributed by atoms with Gasteiger partial charge in [-0.25, -0.2) is 17.9 Å². The van der Waals surface area contributed by atoms with E-state index in [1.807, 2.05) is 6.92 Å². The van der Waals surface area contributed by atoms with Crippen LogP contribution < -0.4 is 4.72 Å². The summed E-state index contributed by atoms with van der Waals surface area (Å²) in [6.07, 6.45) is -0.911. The van der Waals surface area contributed by atoms with Crippen molar-refractivity contribution >= 4 is 38.4 Å². The first-order valence-corrected chi connectivity index (χ1v) is 14.8. The average molecular weight is 578 g/mol. The van der Waals surface area contributed by atoms with Crippen LogP contribution in [0.4, 0.5) is 5.69 Å². The summed E-state index contributed by atoms with van der Waals surface area (Å²) in [4.78, 5) is 37.5. The third-order valence-electron chi connectivity index (χ3n) is 6.58. The molecule has 39 heavy (non-hydrogen) atoms. The number of aliphatic hydroxyl groups excluding tert-OH is 1. The molecule has 14 heteroatoms. The second-order valence-electron chi connectivity index (χ2n) is 9.28. The third kappa shape index (κ3) is 5.93. The van der Waals surface area contributed by atoms with Gasteiger partial charge in [0.2, 0.25) is 15.9 Å². The monoisotopic (exact) mass is 577 g/mol. The molecule has 1 amide bonds. The lowest BCUT2D eigenvalue weighted by atomic mass is 9.83. The van der Waals surface area contributed by atoms with E-state index in [-0.39, 0.29) is 46.5 Å². The number of benzene rings is 2. The van der Waals surface area contributed by atoms with E-state index < -0.39 is 55.7 Å². The van der Waals surface area contributed by atoms with Crippen LogP contribution in [0.3, 0.4) is 0 Å². The number of nitrogens with zero attached hydrogens (tertiary/aromatic N) is 2. The van der Waals surface area contributed by atoms with Gasteiger partial charge in [0, 0.05) is 35.8 Å². The molecule has 208 valence electrons. The van der Waals surface area contributed by atoms with Crippen molar-refractivity contribution in [2.75, 3.05) is 12.3 Å². The number of rotatable bonds is 11. The summed E-state index contributed by atoms with van der Waals surface area (Å²) in [7, 11) is -5.68. The van der Waals surface area contributed by atoms with Crippen LogP contribution in [0.25, 0.3) is 0 Å². The van der Waals surface area contributed by atoms with Crippen LogP contribution in [0, 0.1) is 23.0 Å². The summed E-state index contributed by atoms with van der Waals surface area (Å²) >= 11 is 0. The van der Waals surface area contributed by atoms with Gasteiger partial charge in [0.05, 0.1) is 38.7 Å². The maximum absolute atomic E-state index is 13.3. The number of esters is 1. The molecule has 4 atom stereocenters. The molecule has 1 fully saturated rings. The Kier molecular flexibility index (Phi) is 8.30. The number of carbonyl (C=O) groups excluding carboxylic acids is 2. The van der Waals surface area contributed by atoms with Gasteiger partial charge >= 0.3 is 5.97 Å². The number of nitro groups is 1. The second-order valence-corrected chi connectivity index (χ2v) is 12.6. The number of aliphatic hydroxyl groups is 1. The van der Waals surface area contributed by atoms with Crippen molar-refractivity contribution in [1.82, 2.24) is 9.62 Å². The van der Waals surface area contributed by atoms with Gasteiger partial charge in [-0.15, -0.1) is 0 Å². The van der Waals surface area contributed by atoms with Crippen LogP contribution in [-0.2, 0) is 41.8 Å². The van der Waals surface area contributed by atoms with Crippen molar-refractivity contribution in [2.45, 2.75) is 43.9 Å². The molecule has 0 spiro atoms. The zero-order valence-electron chi connectivity index (χ0n) is 21.1. The summed E-state index contributed by atoms with van der Waals surface area (Å²) in [5.74, 6) is -2.33. The molecule has 2 aromatic carbocycles. The Hall–Kier alpha value is -3.46. The van der Waals surface area contributed by atoms with Crippen LogP contribution in [0.1, 0.15) is 24.5 Å². The number of nitrogens with one attached hydrogen (secondary N) is 1. The van der Waals surface area contributed by atoms with E-state index in [9.17, 15) is 37.4 Å². The van der Waals surface area contributed by atoms with Crippen LogP contribution in [-0.4, -0.2) is 63.9 Å². The minimum Gasteiger partial charge on any atom is -0.456 e. The van der Waals surface area contributed by atoms with Gasteiger partial charge in [0.25, 0.3) is 5.69 Å². The standard InChI is InChI=1S/C25H27N3O9S2/c1-15-3-9-19(10-4-15)39(35,36)26-11-12-38(34)21-13-20-22(16(2)29)24(30)27(20)23(21)25(31)37-14-17-5-7-18(8-6-17)28(32)33/h3-10,16,20,22,26,29H,11-14H2,1-2H3. The summed E-state index contributed by atoms with van der Waals surface area (Å²) in [5.41, 5.74) is 1.06. The van der Waals surface area contributed by atoms with E-state index in [1.165, 1.54) is 48.2 Å². The second kappa shape index (κ2) is 11.3. The Morgan fingerprint density at radius 2 is 1.87 bits per heavy atom. The first-order valence-electron chi connectivity index (χ1n) is 12.0. The van der Waals surface area contributed by atoms with Gasteiger partial charge < -0.3 is 14.7 Å². The fourth-order valence-corrected chi connectivity index (χ4v) is 7.00. The molecule has 0 aliphatic carbocycles. The fraction of sp³-hybridized carbons (Fsp3) is 0.360. The maximum atomic E-state index is 13.3. The Morgan fingerprint density at radius 3 is 2.46 bits per heavy atom. The lowest BCUT2D eigenvalue weighted by Crippen LogP contribution is -2.61. The number of β-lactam (4-membered cyclic amide) rings is 1. The van der Waals surface area contributed by atoms with Crippen molar-refractivity contribution < 1.29 is 37.0 Å². The number of nitro benzene ring substituents is 1. The zero-order valence-corrected chi connectivity index (χ0v) is 22.7. The molecule has 4 rings (SSSR count). The van der Waals surface area contributed by atoms with Gasteiger partial charge in [-0.3, -0.25) is 19.1 Å². The van der Waals surface area contributed by atoms with Gasteiger partial charge in [-0.05, 0) is 43.7 Å². The normalized spacial score (nSPS) is 20.3. The minimum absolute atomic E-state index is 0.0593. The number of non-ortho nitro benzene ring substituents is 1. The number of amides is 1. The van der Waals surface area contributed by atoms with Crippen molar-refractivity contribution in [1.29, 1.82) is 0 Å². The molecule has 2 N–H and O–H groups in total. The average Bonchev–Trinajstić information content (AvgIpc) is 3.22. The molecular weight excluding hydrogens is 550 g/mol. The van der Waals surface area contributed by atoms with Crippen LogP contribution in [0.5, 0.6) is 0 Å². The smallest absolute Gasteiger partial charge is 0.356 e. The fourth-order valence-electron chi connectivity index (χ4n) is 4.55. The highest BCUT2D eigenvalue weighted by Crippen LogP contribution is 2.45. The first-order chi connectivity index (χ1) is 18.4. The number of hydrogen-bond acceptors (Lipinski definition) is 9. The molecule has 1 saturated heterocycles. The number of sulfonamides is 1. The molecule has 2 aliphatic rings. The SMILES string of the molecule is Cc1ccc(S(=O)(=O)NCCS(=O)C2=C(C(=O)OCc3ccc([N+](=O)[O-])cc3)N3C(=O)C(C(C)O)C3C2)cc1. The molecule has 0 bridgehead atoms. The van der Waals surface area contributed by atoms with Gasteiger partial charge in [-0.1, -0.05) is 17.7 Å². The topological polar surface area (TPSA) is 173 Å². The summed E-state index contributed by atoms with van der Waals surface area (Å²) in [5, 5.41) is 20.9. The van der Waals surface area contributed by atoms with Crippen LogP contribution in [0.15, 0.2) is 64.0 Å². The lowest BCUT2D eigenvalue weighted by Gasteiger charge is -2.44. The quantitative estimate of drug-likeness (QED) is 0.174. The summed E-state index contributed by atoms with van der Waals surface area (Å²) in [6, 6.07) is 11.0. The zero-order chi connectivity index (χ0) is 28.5. The molecule has 2 heterocycles. The summed E-state index contributed by atoms with van der Waals surface area (Å²) in [6.45, 7) is 2.85. The predicted octanol–water partition coefficient (Wildman–Crippen LogP) is 1.50. The third-order valence-corrected chi connectivity index (χ3v) is 9.55. The number of carbonyl (C=O) groups is 2. The van der Waals surface area contributed by atoms with E-state index in [2.05, 4.69) is 4.72 Å². The van der Waals surface area contributed by atoms with E-state index >= 15 is 0 Å². The van der Waals surface area contributed by atoms with Crippen molar-refractivity contribution in [3.63, 3.8) is 0 Å². The number of aryl methyl sites for hydroxylation is 1. The molecule has 0 aromatic heterocycles. The van der Waals surface area contributed by atoms with Gasteiger partial charge in [0.15, 0.2) is 0 Å². The van der Waals surface area contributed by atoms with Gasteiger partial charge in [-0.2, -0.15) is 0 Å². The van der Waals surface area contributed by atoms with Crippen molar-refractivity contribution in [3.05, 3.63) is 80.4 Å². The van der Waals surface area contributed by atoms with Crippen LogP contribution in [0.2, 0.25) is 0 Å². The van der Waals surface area contributed by atoms with E-state index in [0.29, 0.717) is 5.56 Å². The number of ether oxygens (including phenoxy) is 1. The molecule has 0 radical (unpaired) electrons. The van der Waals surface area contributed by atoms with E-state index in [0.717, 1.165) is 5.56 Å². The summed E-state index contributed by atoms with van der Waals surface area (Å²) < 4.78 is 46.1. The molecule has 2 aliphatic heterocycles. The van der Waals surface area contributed by atoms with Crippen molar-refractivity contribution in [2.24, 2.45) is 5.92 Å².